The maximum atomic E-state index is 12.4. The Morgan fingerprint density at radius 3 is 2.72 bits per heavy atom. The van der Waals surface area contributed by atoms with E-state index in [0.29, 0.717) is 41.8 Å². The number of carbonyl (C=O) groups is 1. The molecule has 2 aromatic carbocycles. The zero-order chi connectivity index (χ0) is 20.0. The standard InChI is InChI=1S/C21H16N4O4/c1-2-7-25-15-6-4-3-5-12(15)19(21(25)27)24-23-18-13-10-16-17(29-9-8-28-16)11-14(13)22-20(18)26/h2-6,10-11,27H,1,7-9H2. The third kappa shape index (κ3) is 2.68. The Balaban J connectivity index is 1.66. The first-order valence-corrected chi connectivity index (χ1v) is 9.07. The Kier molecular flexibility index (Phi) is 3.90. The van der Waals surface area contributed by atoms with Gasteiger partial charge in [0.1, 0.15) is 13.2 Å². The van der Waals surface area contributed by atoms with Gasteiger partial charge in [-0.1, -0.05) is 24.3 Å². The molecule has 1 amide bonds. The van der Waals surface area contributed by atoms with Crippen LogP contribution in [0.25, 0.3) is 16.6 Å². The Morgan fingerprint density at radius 1 is 1.17 bits per heavy atom. The molecular weight excluding hydrogens is 372 g/mol. The van der Waals surface area contributed by atoms with Gasteiger partial charge in [0.25, 0.3) is 5.91 Å². The molecule has 5 rings (SSSR count). The monoisotopic (exact) mass is 388 g/mol. The van der Waals surface area contributed by atoms with Gasteiger partial charge >= 0.3 is 0 Å². The van der Waals surface area contributed by atoms with Crippen molar-refractivity contribution >= 4 is 28.2 Å². The molecule has 2 aliphatic rings. The molecule has 0 spiro atoms. The molecule has 0 fully saturated rings. The van der Waals surface area contributed by atoms with Gasteiger partial charge in [-0.15, -0.1) is 16.8 Å². The first-order chi connectivity index (χ1) is 14.2. The Hall–Kier alpha value is -3.94. The summed E-state index contributed by atoms with van der Waals surface area (Å²) in [5, 5.41) is 20.7. The molecule has 0 saturated carbocycles. The Morgan fingerprint density at radius 2 is 1.93 bits per heavy atom. The van der Waals surface area contributed by atoms with Gasteiger partial charge in [-0.2, -0.15) is 0 Å². The maximum absolute atomic E-state index is 12.4. The van der Waals surface area contributed by atoms with Crippen molar-refractivity contribution in [1.29, 1.82) is 0 Å². The van der Waals surface area contributed by atoms with Crippen molar-refractivity contribution in [2.45, 2.75) is 6.54 Å². The highest BCUT2D eigenvalue weighted by Gasteiger charge is 2.22. The number of hydrogen-bond acceptors (Lipinski definition) is 6. The molecule has 0 bridgehead atoms. The van der Waals surface area contributed by atoms with Gasteiger partial charge < -0.3 is 19.1 Å². The van der Waals surface area contributed by atoms with Gasteiger partial charge in [0.05, 0.1) is 10.9 Å². The number of aromatic hydroxyl groups is 1. The molecule has 2 aliphatic heterocycles. The van der Waals surface area contributed by atoms with Gasteiger partial charge in [-0.05, 0) is 12.1 Å². The third-order valence-electron chi connectivity index (χ3n) is 4.82. The van der Waals surface area contributed by atoms with Crippen LogP contribution in [0.3, 0.4) is 0 Å². The highest BCUT2D eigenvalue weighted by atomic mass is 16.6. The van der Waals surface area contributed by atoms with E-state index in [-0.39, 0.29) is 17.3 Å². The van der Waals surface area contributed by atoms with Crippen LogP contribution in [-0.2, 0) is 11.3 Å². The summed E-state index contributed by atoms with van der Waals surface area (Å²) < 4.78 is 12.8. The zero-order valence-electron chi connectivity index (χ0n) is 15.3. The number of fused-ring (bicyclic) bond motifs is 3. The molecular formula is C21H16N4O4. The van der Waals surface area contributed by atoms with Crippen LogP contribution in [0.1, 0.15) is 0 Å². The van der Waals surface area contributed by atoms with Crippen LogP contribution >= 0.6 is 0 Å². The number of carbonyl (C=O) groups excluding carboxylic acids is 1. The summed E-state index contributed by atoms with van der Waals surface area (Å²) in [6.45, 7) is 5.02. The van der Waals surface area contributed by atoms with E-state index in [1.165, 1.54) is 0 Å². The van der Waals surface area contributed by atoms with Crippen molar-refractivity contribution < 1.29 is 19.4 Å². The second-order valence-electron chi connectivity index (χ2n) is 6.57. The van der Waals surface area contributed by atoms with Crippen LogP contribution in [0, 0.1) is 0 Å². The highest BCUT2D eigenvalue weighted by molar-refractivity contribution is 6.14. The first kappa shape index (κ1) is 17.2. The summed E-state index contributed by atoms with van der Waals surface area (Å²) in [4.78, 5) is 16.4. The Bertz CT molecular complexity index is 1340. The molecule has 0 unspecified atom stereocenters. The molecule has 8 heteroatoms. The van der Waals surface area contributed by atoms with Crippen LogP contribution < -0.4 is 20.0 Å². The van der Waals surface area contributed by atoms with Crippen LogP contribution in [-0.4, -0.2) is 28.8 Å². The van der Waals surface area contributed by atoms with E-state index in [1.54, 1.807) is 22.8 Å². The fourth-order valence-corrected chi connectivity index (χ4v) is 3.52. The van der Waals surface area contributed by atoms with Crippen molar-refractivity contribution in [2.75, 3.05) is 13.2 Å². The quantitative estimate of drug-likeness (QED) is 0.548. The van der Waals surface area contributed by atoms with Gasteiger partial charge in [-0.3, -0.25) is 4.79 Å². The SMILES string of the molecule is C=CCn1c(O)c(N=NC2=c3cc4c(cc3=NC2=O)OCCO4)c2ccccc21. The molecule has 29 heavy (non-hydrogen) atoms. The molecule has 3 heterocycles. The van der Waals surface area contributed by atoms with E-state index < -0.39 is 5.91 Å². The van der Waals surface area contributed by atoms with Gasteiger partial charge in [0.2, 0.25) is 5.88 Å². The second kappa shape index (κ2) is 6.59. The fraction of sp³-hybridized carbons (Fsp3) is 0.143. The number of aromatic nitrogens is 1. The summed E-state index contributed by atoms with van der Waals surface area (Å²) in [5.74, 6) is 0.550. The predicted octanol–water partition coefficient (Wildman–Crippen LogP) is 2.36. The zero-order valence-corrected chi connectivity index (χ0v) is 15.3. The molecule has 0 aliphatic carbocycles. The topological polar surface area (TPSA) is 97.8 Å². The molecule has 3 aromatic rings. The summed E-state index contributed by atoms with van der Waals surface area (Å²) >= 11 is 0. The number of amides is 1. The van der Waals surface area contributed by atoms with Gasteiger partial charge in [0, 0.05) is 23.2 Å². The van der Waals surface area contributed by atoms with Crippen LogP contribution in [0.2, 0.25) is 0 Å². The number of allylic oxidation sites excluding steroid dienone is 1. The van der Waals surface area contributed by atoms with Crippen molar-refractivity contribution in [2.24, 2.45) is 15.2 Å². The lowest BCUT2D eigenvalue weighted by Crippen LogP contribution is -2.26. The van der Waals surface area contributed by atoms with E-state index in [9.17, 15) is 9.90 Å². The molecule has 0 saturated heterocycles. The van der Waals surface area contributed by atoms with Crippen LogP contribution in [0.4, 0.5) is 5.69 Å². The lowest BCUT2D eigenvalue weighted by Gasteiger charge is -2.17. The van der Waals surface area contributed by atoms with Gasteiger partial charge in [0.15, 0.2) is 22.9 Å². The molecule has 1 N–H and O–H groups in total. The normalized spacial score (nSPS) is 15.0. The summed E-state index contributed by atoms with van der Waals surface area (Å²) in [5.41, 5.74) is 1.18. The van der Waals surface area contributed by atoms with E-state index in [1.807, 2.05) is 24.3 Å². The number of hydrogen-bond donors (Lipinski definition) is 1. The summed E-state index contributed by atoms with van der Waals surface area (Å²) in [6.07, 6.45) is 1.68. The molecule has 0 radical (unpaired) electrons. The number of azo groups is 1. The fourth-order valence-electron chi connectivity index (χ4n) is 3.52. The lowest BCUT2D eigenvalue weighted by molar-refractivity contribution is -0.112. The number of ether oxygens (including phenoxy) is 2. The molecule has 144 valence electrons. The van der Waals surface area contributed by atoms with Crippen molar-refractivity contribution in [3.63, 3.8) is 0 Å². The van der Waals surface area contributed by atoms with Crippen LogP contribution in [0.5, 0.6) is 17.4 Å². The smallest absolute Gasteiger partial charge is 0.298 e. The second-order valence-corrected chi connectivity index (χ2v) is 6.57. The van der Waals surface area contributed by atoms with E-state index in [4.69, 9.17) is 9.47 Å². The molecule has 1 aromatic heterocycles. The van der Waals surface area contributed by atoms with Crippen molar-refractivity contribution in [3.8, 4) is 17.4 Å². The maximum Gasteiger partial charge on any atom is 0.298 e. The minimum atomic E-state index is -0.500. The van der Waals surface area contributed by atoms with Crippen LogP contribution in [0.15, 0.2) is 64.3 Å². The number of nitrogens with zero attached hydrogens (tertiary/aromatic N) is 4. The average Bonchev–Trinajstić information content (AvgIpc) is 3.18. The summed E-state index contributed by atoms with van der Waals surface area (Å²) in [6, 6.07) is 10.8. The number of benzene rings is 2. The van der Waals surface area contributed by atoms with E-state index in [2.05, 4.69) is 21.8 Å². The number of para-hydroxylation sites is 1. The molecule has 0 atom stereocenters. The predicted molar refractivity (Wildman–Crippen MR) is 105 cm³/mol. The molecule has 8 nitrogen and oxygen atoms in total. The first-order valence-electron chi connectivity index (χ1n) is 9.07. The minimum absolute atomic E-state index is 0.0415. The third-order valence-corrected chi connectivity index (χ3v) is 4.82. The number of rotatable bonds is 4. The highest BCUT2D eigenvalue weighted by Crippen LogP contribution is 2.39. The van der Waals surface area contributed by atoms with Gasteiger partial charge in [-0.25, -0.2) is 4.99 Å². The van der Waals surface area contributed by atoms with Crippen molar-refractivity contribution in [3.05, 3.63) is 59.6 Å². The summed E-state index contributed by atoms with van der Waals surface area (Å²) in [7, 11) is 0. The minimum Gasteiger partial charge on any atom is -0.493 e. The largest absolute Gasteiger partial charge is 0.493 e. The average molecular weight is 388 g/mol. The Labute approximate surface area is 164 Å². The van der Waals surface area contributed by atoms with E-state index in [0.717, 1.165) is 10.9 Å². The van der Waals surface area contributed by atoms with Crippen molar-refractivity contribution in [1.82, 2.24) is 4.57 Å². The lowest BCUT2D eigenvalue weighted by atomic mass is 10.2. The van der Waals surface area contributed by atoms with E-state index >= 15 is 0 Å².